The van der Waals surface area contributed by atoms with Gasteiger partial charge in [0.15, 0.2) is 0 Å². The van der Waals surface area contributed by atoms with Crippen molar-refractivity contribution < 1.29 is 19.2 Å². The molecule has 1 N–H and O–H groups in total. The number of nitro groups is 1. The third-order valence-corrected chi connectivity index (χ3v) is 2.03. The number of halogens is 1. The van der Waals surface area contributed by atoms with Gasteiger partial charge >= 0.3 is 5.97 Å². The van der Waals surface area contributed by atoms with Crippen LogP contribution in [0.15, 0.2) is 18.2 Å². The number of carboxylic acid groups (broad SMARTS) is 1. The summed E-state index contributed by atoms with van der Waals surface area (Å²) in [6.45, 7) is 1.31. The van der Waals surface area contributed by atoms with Crippen LogP contribution in [0.2, 0.25) is 0 Å². The van der Waals surface area contributed by atoms with Crippen molar-refractivity contribution in [3.05, 3.63) is 39.7 Å². The first-order chi connectivity index (χ1) is 6.93. The third kappa shape index (κ3) is 2.28. The molecule has 0 aliphatic carbocycles. The predicted octanol–water partition coefficient (Wildman–Crippen LogP) is 1.92. The number of benzene rings is 1. The van der Waals surface area contributed by atoms with Gasteiger partial charge in [-0.3, -0.25) is 14.9 Å². The van der Waals surface area contributed by atoms with E-state index in [0.29, 0.717) is 0 Å². The lowest BCUT2D eigenvalue weighted by molar-refractivity contribution is -0.385. The van der Waals surface area contributed by atoms with Crippen LogP contribution >= 0.6 is 0 Å². The highest BCUT2D eigenvalue weighted by molar-refractivity contribution is 5.77. The maximum absolute atomic E-state index is 12.7. The van der Waals surface area contributed by atoms with Crippen molar-refractivity contribution in [3.8, 4) is 0 Å². The lowest BCUT2D eigenvalue weighted by Gasteiger charge is -2.06. The number of aliphatic carboxylic acids is 1. The average Bonchev–Trinajstić information content (AvgIpc) is 2.16. The van der Waals surface area contributed by atoms with Gasteiger partial charge in [0.05, 0.1) is 16.9 Å². The van der Waals surface area contributed by atoms with Crippen molar-refractivity contribution in [2.45, 2.75) is 12.8 Å². The second-order valence-corrected chi connectivity index (χ2v) is 3.02. The Balaban J connectivity index is 3.28. The van der Waals surface area contributed by atoms with Crippen LogP contribution in [0, 0.1) is 15.9 Å². The zero-order chi connectivity index (χ0) is 11.6. The van der Waals surface area contributed by atoms with Gasteiger partial charge in [0.1, 0.15) is 5.82 Å². The van der Waals surface area contributed by atoms with E-state index in [1.54, 1.807) is 0 Å². The van der Waals surface area contributed by atoms with E-state index >= 15 is 0 Å². The summed E-state index contributed by atoms with van der Waals surface area (Å²) in [5.74, 6) is -2.99. The molecule has 0 fully saturated rings. The zero-order valence-electron chi connectivity index (χ0n) is 7.81. The quantitative estimate of drug-likeness (QED) is 0.614. The fourth-order valence-corrected chi connectivity index (χ4v) is 1.17. The summed E-state index contributed by atoms with van der Waals surface area (Å²) in [4.78, 5) is 20.4. The minimum Gasteiger partial charge on any atom is -0.481 e. The van der Waals surface area contributed by atoms with Gasteiger partial charge in [-0.25, -0.2) is 4.39 Å². The van der Waals surface area contributed by atoms with Gasteiger partial charge in [-0.2, -0.15) is 0 Å². The Bertz CT molecular complexity index is 419. The average molecular weight is 213 g/mol. The predicted molar refractivity (Wildman–Crippen MR) is 49.1 cm³/mol. The molecule has 1 rings (SSSR count). The van der Waals surface area contributed by atoms with Crippen molar-refractivity contribution in [1.82, 2.24) is 0 Å². The maximum Gasteiger partial charge on any atom is 0.310 e. The highest BCUT2D eigenvalue weighted by Crippen LogP contribution is 2.27. The van der Waals surface area contributed by atoms with Crippen LogP contribution < -0.4 is 0 Å². The zero-order valence-corrected chi connectivity index (χ0v) is 7.81. The fraction of sp³-hybridized carbons (Fsp3) is 0.222. The Morgan fingerprint density at radius 1 is 1.60 bits per heavy atom. The molecule has 0 bridgehead atoms. The third-order valence-electron chi connectivity index (χ3n) is 2.03. The molecule has 5 nitrogen and oxygen atoms in total. The first-order valence-corrected chi connectivity index (χ1v) is 4.10. The molecular formula is C9H8FNO4. The Kier molecular flexibility index (Phi) is 2.99. The molecule has 0 aliphatic rings. The second kappa shape index (κ2) is 4.04. The molecule has 0 amide bonds. The van der Waals surface area contributed by atoms with E-state index in [-0.39, 0.29) is 5.56 Å². The van der Waals surface area contributed by atoms with E-state index in [9.17, 15) is 19.3 Å². The van der Waals surface area contributed by atoms with E-state index in [4.69, 9.17) is 5.11 Å². The molecule has 1 atom stereocenters. The molecule has 0 heterocycles. The molecule has 6 heteroatoms. The number of nitro benzene ring substituents is 1. The molecule has 0 aliphatic heterocycles. The lowest BCUT2D eigenvalue weighted by atomic mass is 9.99. The molecule has 15 heavy (non-hydrogen) atoms. The molecule has 0 radical (unpaired) electrons. The number of hydrogen-bond acceptors (Lipinski definition) is 3. The van der Waals surface area contributed by atoms with E-state index in [0.717, 1.165) is 18.2 Å². The van der Waals surface area contributed by atoms with Crippen LogP contribution in [0.5, 0.6) is 0 Å². The molecule has 1 unspecified atom stereocenters. The minimum atomic E-state index is -1.19. The van der Waals surface area contributed by atoms with Crippen molar-refractivity contribution in [2.24, 2.45) is 0 Å². The number of rotatable bonds is 3. The summed E-state index contributed by atoms with van der Waals surface area (Å²) >= 11 is 0. The number of carbonyl (C=O) groups is 1. The summed E-state index contributed by atoms with van der Waals surface area (Å²) in [5, 5.41) is 19.2. The van der Waals surface area contributed by atoms with Crippen molar-refractivity contribution >= 4 is 11.7 Å². The van der Waals surface area contributed by atoms with Crippen molar-refractivity contribution in [3.63, 3.8) is 0 Å². The molecule has 80 valence electrons. The molecule has 0 spiro atoms. The van der Waals surface area contributed by atoms with Crippen LogP contribution in [0.4, 0.5) is 10.1 Å². The normalized spacial score (nSPS) is 12.1. The van der Waals surface area contributed by atoms with Gasteiger partial charge < -0.3 is 5.11 Å². The standard InChI is InChI=1S/C9H8FNO4/c1-5(9(12)13)7-3-2-6(10)4-8(7)11(14)15/h2-5H,1H3,(H,12,13). The lowest BCUT2D eigenvalue weighted by Crippen LogP contribution is -2.09. The Labute approximate surface area is 84.3 Å². The topological polar surface area (TPSA) is 80.4 Å². The first kappa shape index (κ1) is 11.1. The number of hydrogen-bond donors (Lipinski definition) is 1. The second-order valence-electron chi connectivity index (χ2n) is 3.02. The van der Waals surface area contributed by atoms with Crippen LogP contribution in [0.3, 0.4) is 0 Å². The summed E-state index contributed by atoms with van der Waals surface area (Å²) in [5.41, 5.74) is -0.515. The van der Waals surface area contributed by atoms with Crippen molar-refractivity contribution in [2.75, 3.05) is 0 Å². The van der Waals surface area contributed by atoms with E-state index in [1.165, 1.54) is 6.92 Å². The minimum absolute atomic E-state index is 0.00565. The molecular weight excluding hydrogens is 205 g/mol. The Morgan fingerprint density at radius 2 is 2.20 bits per heavy atom. The summed E-state index contributed by atoms with van der Waals surface area (Å²) in [6.07, 6.45) is 0. The Morgan fingerprint density at radius 3 is 2.67 bits per heavy atom. The number of nitrogens with zero attached hydrogens (tertiary/aromatic N) is 1. The first-order valence-electron chi connectivity index (χ1n) is 4.10. The molecule has 0 saturated heterocycles. The Hall–Kier alpha value is -1.98. The van der Waals surface area contributed by atoms with E-state index < -0.39 is 28.3 Å². The van der Waals surface area contributed by atoms with Gasteiger partial charge in [-0.1, -0.05) is 0 Å². The molecule has 0 saturated carbocycles. The molecule has 1 aromatic rings. The molecule has 1 aromatic carbocycles. The van der Waals surface area contributed by atoms with Crippen LogP contribution in [-0.4, -0.2) is 16.0 Å². The highest BCUT2D eigenvalue weighted by Gasteiger charge is 2.24. The van der Waals surface area contributed by atoms with Gasteiger partial charge in [0.2, 0.25) is 0 Å². The summed E-state index contributed by atoms with van der Waals surface area (Å²) in [6, 6.07) is 2.84. The van der Waals surface area contributed by atoms with Crippen LogP contribution in [-0.2, 0) is 4.79 Å². The maximum atomic E-state index is 12.7. The van der Waals surface area contributed by atoms with E-state index in [1.807, 2.05) is 0 Å². The van der Waals surface area contributed by atoms with Gasteiger partial charge in [-0.05, 0) is 19.1 Å². The van der Waals surface area contributed by atoms with Crippen LogP contribution in [0.25, 0.3) is 0 Å². The number of carboxylic acids is 1. The smallest absolute Gasteiger partial charge is 0.310 e. The highest BCUT2D eigenvalue weighted by atomic mass is 19.1. The van der Waals surface area contributed by atoms with Crippen molar-refractivity contribution in [1.29, 1.82) is 0 Å². The van der Waals surface area contributed by atoms with Gasteiger partial charge in [0.25, 0.3) is 5.69 Å². The van der Waals surface area contributed by atoms with Gasteiger partial charge in [-0.15, -0.1) is 0 Å². The molecule has 0 aromatic heterocycles. The monoisotopic (exact) mass is 213 g/mol. The summed E-state index contributed by atoms with van der Waals surface area (Å²) in [7, 11) is 0. The largest absolute Gasteiger partial charge is 0.481 e. The fourth-order valence-electron chi connectivity index (χ4n) is 1.17. The summed E-state index contributed by atoms with van der Waals surface area (Å²) < 4.78 is 12.7. The van der Waals surface area contributed by atoms with Crippen LogP contribution in [0.1, 0.15) is 18.4 Å². The SMILES string of the molecule is CC(C(=O)O)c1ccc(F)cc1[N+](=O)[O-]. The van der Waals surface area contributed by atoms with E-state index in [2.05, 4.69) is 0 Å². The van der Waals surface area contributed by atoms with Gasteiger partial charge in [0, 0.05) is 5.56 Å².